The van der Waals surface area contributed by atoms with Crippen molar-refractivity contribution in [1.82, 2.24) is 24.6 Å². The molecule has 0 radical (unpaired) electrons. The van der Waals surface area contributed by atoms with E-state index in [-0.39, 0.29) is 11.0 Å². The van der Waals surface area contributed by atoms with Gasteiger partial charge >= 0.3 is 0 Å². The van der Waals surface area contributed by atoms with Crippen LogP contribution in [-0.4, -0.2) is 62.5 Å². The van der Waals surface area contributed by atoms with E-state index in [1.54, 1.807) is 0 Å². The summed E-state index contributed by atoms with van der Waals surface area (Å²) in [5.74, 6) is 2.78. The standard InChI is InChI=1S/C35H43FN8/c1-22-6-11-34(32-25(22)4-5-28(38)27(32)18-37)12-7-26-30(17-34)39-31(8-13-35-10-3-14-44(35)21-24(36)16-35)40-33(26)43-19-23(20-43)29-9-15-42(2)41-29/h4-5,9,15,22-24H,3,6-8,10-14,16-17,19-21,38H2,1-2H3. The second-order valence-electron chi connectivity index (χ2n) is 14.5. The van der Waals surface area contributed by atoms with E-state index in [4.69, 9.17) is 15.7 Å². The van der Waals surface area contributed by atoms with Crippen LogP contribution in [0.15, 0.2) is 24.4 Å². The molecule has 2 aromatic heterocycles. The van der Waals surface area contributed by atoms with Crippen molar-refractivity contribution >= 4 is 11.5 Å². The van der Waals surface area contributed by atoms with Gasteiger partial charge in [-0.1, -0.05) is 13.0 Å². The molecule has 1 spiro atoms. The number of hydrogen-bond acceptors (Lipinski definition) is 7. The molecule has 1 aromatic carbocycles. The van der Waals surface area contributed by atoms with E-state index in [1.807, 2.05) is 24.0 Å². The van der Waals surface area contributed by atoms with E-state index in [0.717, 1.165) is 100 Å². The molecule has 4 unspecified atom stereocenters. The molecule has 230 valence electrons. The first kappa shape index (κ1) is 28.0. The average Bonchev–Trinajstić information content (AvgIpc) is 3.66. The van der Waals surface area contributed by atoms with Crippen LogP contribution in [0.25, 0.3) is 0 Å². The van der Waals surface area contributed by atoms with Crippen molar-refractivity contribution in [1.29, 1.82) is 5.26 Å². The van der Waals surface area contributed by atoms with Crippen molar-refractivity contribution in [3.8, 4) is 6.07 Å². The maximum absolute atomic E-state index is 14.6. The predicted octanol–water partition coefficient (Wildman–Crippen LogP) is 5.10. The summed E-state index contributed by atoms with van der Waals surface area (Å²) >= 11 is 0. The fourth-order valence-electron chi connectivity index (χ4n) is 9.50. The summed E-state index contributed by atoms with van der Waals surface area (Å²) in [6, 6.07) is 8.69. The number of hydrogen-bond donors (Lipinski definition) is 1. The maximum Gasteiger partial charge on any atom is 0.135 e. The molecule has 8 rings (SSSR count). The molecule has 2 N–H and O–H groups in total. The molecular weight excluding hydrogens is 551 g/mol. The molecule has 4 atom stereocenters. The number of nitrogen functional groups attached to an aromatic ring is 1. The lowest BCUT2D eigenvalue weighted by Crippen LogP contribution is -2.47. The van der Waals surface area contributed by atoms with Crippen LogP contribution in [0.2, 0.25) is 0 Å². The third kappa shape index (κ3) is 4.35. The lowest BCUT2D eigenvalue weighted by molar-refractivity contribution is 0.181. The molecule has 0 amide bonds. The predicted molar refractivity (Wildman–Crippen MR) is 168 cm³/mol. The number of rotatable bonds is 5. The topological polar surface area (TPSA) is 99.9 Å². The van der Waals surface area contributed by atoms with Crippen LogP contribution in [0.1, 0.15) is 103 Å². The maximum atomic E-state index is 14.6. The van der Waals surface area contributed by atoms with Gasteiger partial charge < -0.3 is 10.6 Å². The van der Waals surface area contributed by atoms with Crippen molar-refractivity contribution in [2.45, 2.75) is 100 Å². The van der Waals surface area contributed by atoms with Gasteiger partial charge in [-0.3, -0.25) is 9.58 Å². The summed E-state index contributed by atoms with van der Waals surface area (Å²) in [6.07, 6.45) is 10.6. The summed E-state index contributed by atoms with van der Waals surface area (Å²) in [4.78, 5) is 15.4. The molecule has 3 aromatic rings. The molecule has 9 heteroatoms. The van der Waals surface area contributed by atoms with Gasteiger partial charge in [-0.05, 0) is 93.5 Å². The number of nitrogens with zero attached hydrogens (tertiary/aromatic N) is 7. The Morgan fingerprint density at radius 2 is 2.00 bits per heavy atom. The number of fused-ring (bicyclic) bond motifs is 4. The Hall–Kier alpha value is -3.51. The molecule has 44 heavy (non-hydrogen) atoms. The van der Waals surface area contributed by atoms with Crippen LogP contribution in [0.5, 0.6) is 0 Å². The zero-order valence-electron chi connectivity index (χ0n) is 26.0. The first-order valence-corrected chi connectivity index (χ1v) is 16.6. The number of halogens is 1. The van der Waals surface area contributed by atoms with Gasteiger partial charge in [0, 0.05) is 67.4 Å². The van der Waals surface area contributed by atoms with E-state index >= 15 is 0 Å². The summed E-state index contributed by atoms with van der Waals surface area (Å²) < 4.78 is 16.4. The Labute approximate surface area is 259 Å². The van der Waals surface area contributed by atoms with Gasteiger partial charge in [-0.25, -0.2) is 14.4 Å². The molecule has 3 aliphatic heterocycles. The lowest BCUT2D eigenvalue weighted by atomic mass is 9.59. The van der Waals surface area contributed by atoms with Crippen molar-refractivity contribution in [2.24, 2.45) is 7.05 Å². The molecule has 2 aliphatic carbocycles. The van der Waals surface area contributed by atoms with Crippen molar-refractivity contribution in [3.63, 3.8) is 0 Å². The van der Waals surface area contributed by atoms with Crippen LogP contribution in [0.3, 0.4) is 0 Å². The van der Waals surface area contributed by atoms with E-state index in [0.29, 0.717) is 36.1 Å². The third-order valence-electron chi connectivity index (χ3n) is 11.9. The highest BCUT2D eigenvalue weighted by atomic mass is 19.1. The van der Waals surface area contributed by atoms with E-state index < -0.39 is 6.17 Å². The van der Waals surface area contributed by atoms with Gasteiger partial charge in [0.05, 0.1) is 17.0 Å². The highest BCUT2D eigenvalue weighted by Gasteiger charge is 2.49. The molecule has 0 saturated carbocycles. The lowest BCUT2D eigenvalue weighted by Gasteiger charge is -2.46. The fraction of sp³-hybridized carbons (Fsp3) is 0.600. The van der Waals surface area contributed by atoms with Crippen LogP contribution in [0.4, 0.5) is 15.9 Å². The Kier molecular flexibility index (Phi) is 6.53. The van der Waals surface area contributed by atoms with Gasteiger partial charge in [0.2, 0.25) is 0 Å². The second kappa shape index (κ2) is 10.3. The zero-order chi connectivity index (χ0) is 30.2. The van der Waals surface area contributed by atoms with E-state index in [1.165, 1.54) is 16.7 Å². The zero-order valence-corrected chi connectivity index (χ0v) is 26.0. The van der Waals surface area contributed by atoms with Crippen LogP contribution in [0, 0.1) is 11.3 Å². The number of aromatic nitrogens is 4. The second-order valence-corrected chi connectivity index (χ2v) is 14.5. The first-order chi connectivity index (χ1) is 21.3. The van der Waals surface area contributed by atoms with E-state index in [9.17, 15) is 9.65 Å². The monoisotopic (exact) mass is 594 g/mol. The molecule has 0 bridgehead atoms. The van der Waals surface area contributed by atoms with Crippen molar-refractivity contribution < 1.29 is 4.39 Å². The SMILES string of the molecule is CC1CCC2(CCc3c(nc(CCC45CCCN4CC(F)C5)nc3N3CC(c4ccn(C)n4)C3)C2)c2c1ccc(N)c2C#N. The average molecular weight is 595 g/mol. The number of nitriles is 1. The molecule has 8 nitrogen and oxygen atoms in total. The number of nitrogens with two attached hydrogens (primary N) is 1. The molecule has 5 heterocycles. The van der Waals surface area contributed by atoms with Gasteiger partial charge in [0.15, 0.2) is 0 Å². The molecular formula is C35H43FN8. The minimum Gasteiger partial charge on any atom is -0.398 e. The van der Waals surface area contributed by atoms with E-state index in [2.05, 4.69) is 40.0 Å². The first-order valence-electron chi connectivity index (χ1n) is 16.6. The number of alkyl halides is 1. The Balaban J connectivity index is 1.15. The smallest absolute Gasteiger partial charge is 0.135 e. The van der Waals surface area contributed by atoms with Crippen LogP contribution < -0.4 is 10.6 Å². The number of anilines is 2. The van der Waals surface area contributed by atoms with Crippen LogP contribution >= 0.6 is 0 Å². The minimum atomic E-state index is -0.727. The number of aryl methyl sites for hydroxylation is 2. The fourth-order valence-corrected chi connectivity index (χ4v) is 9.50. The van der Waals surface area contributed by atoms with Crippen molar-refractivity contribution in [2.75, 3.05) is 36.8 Å². The highest BCUT2D eigenvalue weighted by molar-refractivity contribution is 5.65. The summed E-state index contributed by atoms with van der Waals surface area (Å²) in [5.41, 5.74) is 13.5. The minimum absolute atomic E-state index is 0.0431. The Morgan fingerprint density at radius 3 is 2.80 bits per heavy atom. The quantitative estimate of drug-likeness (QED) is 0.410. The molecule has 3 fully saturated rings. The van der Waals surface area contributed by atoms with Gasteiger partial charge in [-0.15, -0.1) is 0 Å². The molecule has 5 aliphatic rings. The molecule has 3 saturated heterocycles. The van der Waals surface area contributed by atoms with Gasteiger partial charge in [0.1, 0.15) is 23.9 Å². The summed E-state index contributed by atoms with van der Waals surface area (Å²) in [6.45, 7) is 5.66. The highest BCUT2D eigenvalue weighted by Crippen LogP contribution is 2.52. The van der Waals surface area contributed by atoms with Gasteiger partial charge in [0.25, 0.3) is 0 Å². The Bertz CT molecular complexity index is 1650. The summed E-state index contributed by atoms with van der Waals surface area (Å²) in [5, 5.41) is 14.9. The number of benzene rings is 1. The third-order valence-corrected chi connectivity index (χ3v) is 11.9. The van der Waals surface area contributed by atoms with Crippen molar-refractivity contribution in [3.05, 3.63) is 63.9 Å². The van der Waals surface area contributed by atoms with Gasteiger partial charge in [-0.2, -0.15) is 10.4 Å². The Morgan fingerprint density at radius 1 is 1.14 bits per heavy atom. The largest absolute Gasteiger partial charge is 0.398 e. The van der Waals surface area contributed by atoms with Crippen LogP contribution in [-0.2, 0) is 31.7 Å². The normalized spacial score (nSPS) is 29.7. The summed E-state index contributed by atoms with van der Waals surface area (Å²) in [7, 11) is 1.97.